The molecule has 1 aliphatic rings. The molecule has 170 valence electrons. The van der Waals surface area contributed by atoms with E-state index in [4.69, 9.17) is 21.3 Å². The number of rotatable bonds is 5. The van der Waals surface area contributed by atoms with Gasteiger partial charge in [0.05, 0.1) is 18.4 Å². The van der Waals surface area contributed by atoms with Gasteiger partial charge in [-0.1, -0.05) is 35.9 Å². The SMILES string of the molecule is Cc1nn(C)cc1-c1ccccc1-c1nc2cc(C(=O)NC[C@H]3CNCCO3)ccn2c1Cl. The lowest BCUT2D eigenvalue weighted by atomic mass is 9.99. The van der Waals surface area contributed by atoms with E-state index in [1.807, 2.05) is 44.4 Å². The van der Waals surface area contributed by atoms with E-state index >= 15 is 0 Å². The number of carbonyl (C=O) groups excluding carboxylic acids is 1. The minimum absolute atomic E-state index is 0.0219. The second kappa shape index (κ2) is 8.97. The van der Waals surface area contributed by atoms with Crippen molar-refractivity contribution in [2.75, 3.05) is 26.2 Å². The van der Waals surface area contributed by atoms with E-state index < -0.39 is 0 Å². The summed E-state index contributed by atoms with van der Waals surface area (Å²) >= 11 is 6.75. The molecule has 2 N–H and O–H groups in total. The van der Waals surface area contributed by atoms with Crippen molar-refractivity contribution in [3.63, 3.8) is 0 Å². The first-order chi connectivity index (χ1) is 16.0. The number of pyridine rings is 1. The highest BCUT2D eigenvalue weighted by atomic mass is 35.5. The molecule has 1 amide bonds. The van der Waals surface area contributed by atoms with E-state index in [1.165, 1.54) is 0 Å². The van der Waals surface area contributed by atoms with Gasteiger partial charge in [0, 0.05) is 55.8 Å². The third kappa shape index (κ3) is 4.25. The standard InChI is InChI=1S/C24H25ClN6O2/c1-15-20(14-30(2)29-15)18-5-3-4-6-19(18)22-23(25)31-9-7-16(11-21(31)28-22)24(32)27-13-17-12-26-8-10-33-17/h3-7,9,11,14,17,26H,8,10,12-13H2,1-2H3,(H,27,32)/t17-/m1/s1. The number of nitrogens with one attached hydrogen (secondary N) is 2. The van der Waals surface area contributed by atoms with Gasteiger partial charge in [-0.2, -0.15) is 5.10 Å². The summed E-state index contributed by atoms with van der Waals surface area (Å²) in [6.07, 6.45) is 3.75. The van der Waals surface area contributed by atoms with Gasteiger partial charge in [-0.05, 0) is 24.6 Å². The number of aryl methyl sites for hydroxylation is 2. The minimum atomic E-state index is -0.168. The fraction of sp³-hybridized carbons (Fsp3) is 0.292. The highest BCUT2D eigenvalue weighted by molar-refractivity contribution is 6.32. The van der Waals surface area contributed by atoms with Crippen molar-refractivity contribution in [1.29, 1.82) is 0 Å². The number of carbonyl (C=O) groups is 1. The first-order valence-electron chi connectivity index (χ1n) is 10.9. The Morgan fingerprint density at radius 2 is 2.09 bits per heavy atom. The number of benzene rings is 1. The van der Waals surface area contributed by atoms with E-state index in [-0.39, 0.29) is 12.0 Å². The zero-order chi connectivity index (χ0) is 22.9. The fourth-order valence-corrected chi connectivity index (χ4v) is 4.46. The van der Waals surface area contributed by atoms with Crippen LogP contribution in [0.5, 0.6) is 0 Å². The second-order valence-corrected chi connectivity index (χ2v) is 8.51. The van der Waals surface area contributed by atoms with Crippen LogP contribution in [0, 0.1) is 6.92 Å². The Morgan fingerprint density at radius 1 is 1.27 bits per heavy atom. The largest absolute Gasteiger partial charge is 0.374 e. The maximum absolute atomic E-state index is 12.7. The Balaban J connectivity index is 1.46. The average Bonchev–Trinajstić information content (AvgIpc) is 3.35. The van der Waals surface area contributed by atoms with Gasteiger partial charge in [0.2, 0.25) is 0 Å². The van der Waals surface area contributed by atoms with Crippen LogP contribution in [0.25, 0.3) is 28.0 Å². The van der Waals surface area contributed by atoms with Crippen LogP contribution < -0.4 is 10.6 Å². The van der Waals surface area contributed by atoms with E-state index in [2.05, 4.69) is 15.7 Å². The molecule has 1 fully saturated rings. The number of hydrogen-bond acceptors (Lipinski definition) is 5. The van der Waals surface area contributed by atoms with Crippen LogP contribution in [-0.2, 0) is 11.8 Å². The summed E-state index contributed by atoms with van der Waals surface area (Å²) in [5.41, 5.74) is 5.67. The maximum atomic E-state index is 12.7. The number of imidazole rings is 1. The molecule has 1 atom stereocenters. The van der Waals surface area contributed by atoms with Crippen LogP contribution in [0.15, 0.2) is 48.8 Å². The van der Waals surface area contributed by atoms with E-state index in [9.17, 15) is 4.79 Å². The lowest BCUT2D eigenvalue weighted by Crippen LogP contribution is -2.45. The van der Waals surface area contributed by atoms with Gasteiger partial charge in [0.25, 0.3) is 5.91 Å². The summed E-state index contributed by atoms with van der Waals surface area (Å²) in [6, 6.07) is 11.5. The van der Waals surface area contributed by atoms with Gasteiger partial charge < -0.3 is 15.4 Å². The molecule has 0 saturated carbocycles. The van der Waals surface area contributed by atoms with Gasteiger partial charge in [0.15, 0.2) is 0 Å². The molecule has 1 aromatic carbocycles. The van der Waals surface area contributed by atoms with Crippen LogP contribution in [0.4, 0.5) is 0 Å². The van der Waals surface area contributed by atoms with E-state index in [0.29, 0.717) is 35.2 Å². The molecule has 1 aliphatic heterocycles. The summed E-state index contributed by atoms with van der Waals surface area (Å²) in [5.74, 6) is -0.168. The van der Waals surface area contributed by atoms with E-state index in [0.717, 1.165) is 35.5 Å². The number of amides is 1. The molecule has 4 aromatic rings. The maximum Gasteiger partial charge on any atom is 0.251 e. The van der Waals surface area contributed by atoms with Gasteiger partial charge in [-0.3, -0.25) is 13.9 Å². The summed E-state index contributed by atoms with van der Waals surface area (Å²) < 4.78 is 9.23. The molecule has 5 rings (SSSR count). The van der Waals surface area contributed by atoms with Crippen molar-refractivity contribution in [2.24, 2.45) is 7.05 Å². The Kier molecular flexibility index (Phi) is 5.88. The van der Waals surface area contributed by atoms with Crippen molar-refractivity contribution < 1.29 is 9.53 Å². The molecule has 0 aliphatic carbocycles. The summed E-state index contributed by atoms with van der Waals surface area (Å²) in [6.45, 7) is 4.66. The molecule has 33 heavy (non-hydrogen) atoms. The number of hydrogen-bond donors (Lipinski definition) is 2. The highest BCUT2D eigenvalue weighted by Gasteiger charge is 2.20. The van der Waals surface area contributed by atoms with Crippen molar-refractivity contribution >= 4 is 23.2 Å². The summed E-state index contributed by atoms with van der Waals surface area (Å²) in [4.78, 5) is 17.5. The molecule has 0 bridgehead atoms. The lowest BCUT2D eigenvalue weighted by molar-refractivity contribution is 0.0287. The molecule has 0 radical (unpaired) electrons. The quantitative estimate of drug-likeness (QED) is 0.474. The molecule has 8 nitrogen and oxygen atoms in total. The zero-order valence-electron chi connectivity index (χ0n) is 18.5. The first-order valence-corrected chi connectivity index (χ1v) is 11.3. The Bertz CT molecular complexity index is 1320. The molecule has 4 heterocycles. The van der Waals surface area contributed by atoms with E-state index in [1.54, 1.807) is 27.4 Å². The lowest BCUT2D eigenvalue weighted by Gasteiger charge is -2.23. The van der Waals surface area contributed by atoms with Crippen molar-refractivity contribution in [2.45, 2.75) is 13.0 Å². The van der Waals surface area contributed by atoms with Gasteiger partial charge in [0.1, 0.15) is 16.5 Å². The molecular weight excluding hydrogens is 440 g/mol. The van der Waals surface area contributed by atoms with Crippen LogP contribution in [0.1, 0.15) is 16.1 Å². The number of halogens is 1. The first kappa shape index (κ1) is 21.6. The number of nitrogens with zero attached hydrogens (tertiary/aromatic N) is 4. The predicted molar refractivity (Wildman–Crippen MR) is 128 cm³/mol. The minimum Gasteiger partial charge on any atom is -0.374 e. The molecular formula is C24H25ClN6O2. The van der Waals surface area contributed by atoms with Crippen LogP contribution in [-0.4, -0.2) is 57.4 Å². The van der Waals surface area contributed by atoms with Crippen molar-refractivity contribution in [3.8, 4) is 22.4 Å². The summed E-state index contributed by atoms with van der Waals surface area (Å²) in [5, 5.41) is 11.2. The van der Waals surface area contributed by atoms with Crippen molar-refractivity contribution in [1.82, 2.24) is 29.8 Å². The van der Waals surface area contributed by atoms with Gasteiger partial charge >= 0.3 is 0 Å². The van der Waals surface area contributed by atoms with Gasteiger partial charge in [-0.25, -0.2) is 4.98 Å². The molecule has 1 saturated heterocycles. The Morgan fingerprint density at radius 3 is 2.82 bits per heavy atom. The van der Waals surface area contributed by atoms with Crippen LogP contribution in [0.2, 0.25) is 5.15 Å². The smallest absolute Gasteiger partial charge is 0.251 e. The average molecular weight is 465 g/mol. The second-order valence-electron chi connectivity index (χ2n) is 8.15. The Hall–Kier alpha value is -3.20. The van der Waals surface area contributed by atoms with Crippen molar-refractivity contribution in [3.05, 3.63) is 65.2 Å². The third-order valence-corrected chi connectivity index (χ3v) is 6.17. The Labute approximate surface area is 196 Å². The predicted octanol–water partition coefficient (Wildman–Crippen LogP) is 3.08. The molecule has 3 aromatic heterocycles. The monoisotopic (exact) mass is 464 g/mol. The highest BCUT2D eigenvalue weighted by Crippen LogP contribution is 2.36. The normalized spacial score (nSPS) is 16.3. The number of fused-ring (bicyclic) bond motifs is 1. The van der Waals surface area contributed by atoms with Crippen LogP contribution in [0.3, 0.4) is 0 Å². The third-order valence-electron chi connectivity index (χ3n) is 5.81. The summed E-state index contributed by atoms with van der Waals surface area (Å²) in [7, 11) is 1.90. The van der Waals surface area contributed by atoms with Crippen LogP contribution >= 0.6 is 11.6 Å². The topological polar surface area (TPSA) is 85.5 Å². The van der Waals surface area contributed by atoms with Gasteiger partial charge in [-0.15, -0.1) is 0 Å². The fourth-order valence-electron chi connectivity index (χ4n) is 4.18. The molecule has 9 heteroatoms. The molecule has 0 unspecified atom stereocenters. The molecule has 0 spiro atoms. The number of aromatic nitrogens is 4. The number of ether oxygens (including phenoxy) is 1. The zero-order valence-corrected chi connectivity index (χ0v) is 19.3. The number of morpholine rings is 1.